The lowest BCUT2D eigenvalue weighted by Crippen LogP contribution is -2.36. The van der Waals surface area contributed by atoms with Gasteiger partial charge in [-0.25, -0.2) is 0 Å². The Labute approximate surface area is 144 Å². The van der Waals surface area contributed by atoms with Gasteiger partial charge in [0.1, 0.15) is 0 Å². The first kappa shape index (κ1) is 20.9. The van der Waals surface area contributed by atoms with E-state index in [2.05, 4.69) is 19.3 Å². The third-order valence-corrected chi connectivity index (χ3v) is 4.82. The van der Waals surface area contributed by atoms with E-state index in [9.17, 15) is 0 Å². The summed E-state index contributed by atoms with van der Waals surface area (Å²) in [5.41, 5.74) is 3.34. The van der Waals surface area contributed by atoms with Gasteiger partial charge < -0.3 is 4.74 Å². The molecule has 138 valence electrons. The molecule has 23 heavy (non-hydrogen) atoms. The number of hydrogen-bond donors (Lipinski definition) is 1. The van der Waals surface area contributed by atoms with Crippen molar-refractivity contribution in [2.45, 2.75) is 122 Å². The van der Waals surface area contributed by atoms with Gasteiger partial charge in [0.15, 0.2) is 6.29 Å². The van der Waals surface area contributed by atoms with Gasteiger partial charge in [-0.3, -0.25) is 4.84 Å². The van der Waals surface area contributed by atoms with E-state index < -0.39 is 0 Å². The Kier molecular flexibility index (Phi) is 14.0. The van der Waals surface area contributed by atoms with Crippen LogP contribution in [0.1, 0.15) is 110 Å². The van der Waals surface area contributed by atoms with E-state index in [-0.39, 0.29) is 6.29 Å². The molecule has 1 aliphatic rings. The molecule has 1 fully saturated rings. The molecular weight excluding hydrogens is 286 g/mol. The molecule has 2 unspecified atom stereocenters. The van der Waals surface area contributed by atoms with Crippen LogP contribution in [0.2, 0.25) is 0 Å². The molecule has 0 aliphatic carbocycles. The molecule has 1 saturated heterocycles. The second kappa shape index (κ2) is 15.4. The highest BCUT2D eigenvalue weighted by Gasteiger charge is 2.16. The van der Waals surface area contributed by atoms with Crippen LogP contribution in [0.5, 0.6) is 0 Å². The minimum Gasteiger partial charge on any atom is -0.351 e. The highest BCUT2D eigenvalue weighted by Crippen LogP contribution is 2.16. The van der Waals surface area contributed by atoms with Gasteiger partial charge in [-0.15, -0.1) is 0 Å². The van der Waals surface area contributed by atoms with Crippen molar-refractivity contribution >= 4 is 0 Å². The van der Waals surface area contributed by atoms with Gasteiger partial charge in [0.25, 0.3) is 0 Å². The van der Waals surface area contributed by atoms with Crippen molar-refractivity contribution in [3.8, 4) is 0 Å². The summed E-state index contributed by atoms with van der Waals surface area (Å²) in [6.07, 6.45) is 19.4. The van der Waals surface area contributed by atoms with E-state index in [0.29, 0.717) is 6.04 Å². The highest BCUT2D eigenvalue weighted by atomic mass is 16.8. The van der Waals surface area contributed by atoms with Crippen LogP contribution in [0.25, 0.3) is 0 Å². The van der Waals surface area contributed by atoms with Gasteiger partial charge in [-0.05, 0) is 25.7 Å². The van der Waals surface area contributed by atoms with Crippen LogP contribution in [0.3, 0.4) is 0 Å². The fourth-order valence-electron chi connectivity index (χ4n) is 3.23. The highest BCUT2D eigenvalue weighted by molar-refractivity contribution is 4.64. The topological polar surface area (TPSA) is 30.5 Å². The van der Waals surface area contributed by atoms with Crippen LogP contribution in [-0.4, -0.2) is 18.9 Å². The van der Waals surface area contributed by atoms with Gasteiger partial charge >= 0.3 is 0 Å². The van der Waals surface area contributed by atoms with E-state index in [0.717, 1.165) is 13.0 Å². The number of ether oxygens (including phenoxy) is 1. The van der Waals surface area contributed by atoms with Crippen molar-refractivity contribution in [2.75, 3.05) is 6.61 Å². The van der Waals surface area contributed by atoms with E-state index in [1.54, 1.807) is 0 Å². The molecule has 0 aromatic carbocycles. The molecule has 1 rings (SSSR count). The SMILES string of the molecule is CCCCCCCCC(CCCCCC)NOC1CCCCO1. The lowest BCUT2D eigenvalue weighted by atomic mass is 10.0. The molecule has 0 amide bonds. The largest absolute Gasteiger partial charge is 0.351 e. The molecule has 0 aromatic heterocycles. The smallest absolute Gasteiger partial charge is 0.177 e. The summed E-state index contributed by atoms with van der Waals surface area (Å²) in [5.74, 6) is 0. The molecule has 1 heterocycles. The molecule has 0 saturated carbocycles. The average molecular weight is 328 g/mol. The standard InChI is InChI=1S/C20H41NO2/c1-3-5-7-9-10-12-16-19(15-11-8-6-4-2)21-23-20-17-13-14-18-22-20/h19-21H,3-18H2,1-2H3. The predicted octanol–water partition coefficient (Wildman–Crippen LogP) is 6.12. The van der Waals surface area contributed by atoms with E-state index in [1.807, 2.05) is 0 Å². The maximum atomic E-state index is 5.83. The lowest BCUT2D eigenvalue weighted by molar-refractivity contribution is -0.204. The van der Waals surface area contributed by atoms with Gasteiger partial charge in [-0.1, -0.05) is 78.1 Å². The molecule has 2 atom stereocenters. The van der Waals surface area contributed by atoms with Crippen molar-refractivity contribution in [1.82, 2.24) is 5.48 Å². The van der Waals surface area contributed by atoms with Crippen molar-refractivity contribution < 1.29 is 9.57 Å². The van der Waals surface area contributed by atoms with E-state index in [4.69, 9.17) is 9.57 Å². The second-order valence-corrected chi connectivity index (χ2v) is 7.13. The summed E-state index contributed by atoms with van der Waals surface area (Å²) in [5, 5.41) is 0. The van der Waals surface area contributed by atoms with E-state index >= 15 is 0 Å². The fourth-order valence-corrected chi connectivity index (χ4v) is 3.23. The molecule has 3 nitrogen and oxygen atoms in total. The minimum atomic E-state index is -0.0218. The Morgan fingerprint density at radius 3 is 2.09 bits per heavy atom. The molecule has 1 aliphatic heterocycles. The average Bonchev–Trinajstić information content (AvgIpc) is 2.59. The first-order valence-corrected chi connectivity index (χ1v) is 10.4. The quantitative estimate of drug-likeness (QED) is 0.290. The monoisotopic (exact) mass is 327 g/mol. The van der Waals surface area contributed by atoms with Gasteiger partial charge in [0.2, 0.25) is 0 Å². The summed E-state index contributed by atoms with van der Waals surface area (Å²) in [6, 6.07) is 0.503. The number of hydrogen-bond acceptors (Lipinski definition) is 3. The molecule has 0 aromatic rings. The van der Waals surface area contributed by atoms with Crippen LogP contribution in [0.4, 0.5) is 0 Å². The summed E-state index contributed by atoms with van der Waals surface area (Å²) in [7, 11) is 0. The zero-order valence-corrected chi connectivity index (χ0v) is 15.8. The predicted molar refractivity (Wildman–Crippen MR) is 98.4 cm³/mol. The Bertz CT molecular complexity index is 242. The van der Waals surface area contributed by atoms with Crippen LogP contribution in [0, 0.1) is 0 Å². The molecule has 0 radical (unpaired) electrons. The van der Waals surface area contributed by atoms with Crippen molar-refractivity contribution in [3.05, 3.63) is 0 Å². The Morgan fingerprint density at radius 1 is 0.870 bits per heavy atom. The number of nitrogens with one attached hydrogen (secondary N) is 1. The molecule has 3 heteroatoms. The Hall–Kier alpha value is -0.120. The lowest BCUT2D eigenvalue weighted by Gasteiger charge is -2.26. The number of hydroxylamine groups is 1. The number of unbranched alkanes of at least 4 members (excludes halogenated alkanes) is 8. The molecule has 0 spiro atoms. The first-order chi connectivity index (χ1) is 11.4. The Morgan fingerprint density at radius 2 is 1.48 bits per heavy atom. The summed E-state index contributed by atoms with van der Waals surface area (Å²) in [6.45, 7) is 5.40. The van der Waals surface area contributed by atoms with Gasteiger partial charge in [0, 0.05) is 19.1 Å². The maximum Gasteiger partial charge on any atom is 0.177 e. The van der Waals surface area contributed by atoms with E-state index in [1.165, 1.54) is 89.9 Å². The van der Waals surface area contributed by atoms with Crippen LogP contribution >= 0.6 is 0 Å². The molecule has 0 bridgehead atoms. The summed E-state index contributed by atoms with van der Waals surface area (Å²) < 4.78 is 5.66. The molecular formula is C20H41NO2. The minimum absolute atomic E-state index is 0.0218. The third-order valence-electron chi connectivity index (χ3n) is 4.82. The zero-order chi connectivity index (χ0) is 16.6. The maximum absolute atomic E-state index is 5.83. The van der Waals surface area contributed by atoms with Crippen LogP contribution in [-0.2, 0) is 9.57 Å². The van der Waals surface area contributed by atoms with Gasteiger partial charge in [-0.2, -0.15) is 5.48 Å². The number of rotatable bonds is 15. The summed E-state index contributed by atoms with van der Waals surface area (Å²) >= 11 is 0. The van der Waals surface area contributed by atoms with Gasteiger partial charge in [0.05, 0.1) is 0 Å². The van der Waals surface area contributed by atoms with Crippen molar-refractivity contribution in [2.24, 2.45) is 0 Å². The first-order valence-electron chi connectivity index (χ1n) is 10.4. The fraction of sp³-hybridized carbons (Fsp3) is 1.00. The third kappa shape index (κ3) is 12.0. The van der Waals surface area contributed by atoms with Crippen molar-refractivity contribution in [3.63, 3.8) is 0 Å². The summed E-state index contributed by atoms with van der Waals surface area (Å²) in [4.78, 5) is 5.83. The molecule has 1 N–H and O–H groups in total. The van der Waals surface area contributed by atoms with Crippen molar-refractivity contribution in [1.29, 1.82) is 0 Å². The second-order valence-electron chi connectivity index (χ2n) is 7.13. The Balaban J connectivity index is 2.15. The normalized spacial score (nSPS) is 19.8. The zero-order valence-electron chi connectivity index (χ0n) is 15.8. The van der Waals surface area contributed by atoms with Crippen LogP contribution in [0.15, 0.2) is 0 Å². The van der Waals surface area contributed by atoms with Crippen LogP contribution < -0.4 is 5.48 Å².